The molecule has 19 N–H and O–H groups in total. The second-order valence-corrected chi connectivity index (χ2v) is 16.2. The van der Waals surface area contributed by atoms with E-state index in [9.17, 15) is 102 Å². The predicted octanol–water partition coefficient (Wildman–Crippen LogP) is -7.29. The molecule has 0 aromatic carbocycles. The molecule has 0 aliphatic heterocycles. The number of hydrogen-bond acceptors (Lipinski definition) is 18. The van der Waals surface area contributed by atoms with E-state index in [0.29, 0.717) is 0 Å². The molecule has 0 aromatic rings. The molecule has 0 rings (SSSR count). The van der Waals surface area contributed by atoms with E-state index in [1.54, 1.807) is 0 Å². The molecule has 35 nitrogen and oxygen atoms in total. The van der Waals surface area contributed by atoms with Gasteiger partial charge in [-0.25, -0.2) is 4.79 Å². The maximum absolute atomic E-state index is 13.6. The number of carboxylic acids is 8. The third kappa shape index (κ3) is 30.7. The first-order valence-electron chi connectivity index (χ1n) is 22.5. The van der Waals surface area contributed by atoms with Gasteiger partial charge in [-0.1, -0.05) is 0 Å². The Morgan fingerprint density at radius 2 is 0.487 bits per heavy atom. The van der Waals surface area contributed by atoms with Crippen LogP contribution in [0.1, 0.15) is 89.9 Å². The molecule has 0 fully saturated rings. The predicted molar refractivity (Wildman–Crippen MR) is 244 cm³/mol. The normalized spacial score (nSPS) is 13.3. The van der Waals surface area contributed by atoms with E-state index >= 15 is 0 Å². The minimum atomic E-state index is -1.96. The fraction of sp³-hybridized carbons (Fsp3) is 0.585. The van der Waals surface area contributed by atoms with Crippen molar-refractivity contribution in [1.29, 1.82) is 0 Å². The average Bonchev–Trinajstić information content (AvgIpc) is 3.32. The van der Waals surface area contributed by atoms with Crippen LogP contribution >= 0.6 is 0 Å². The molecule has 0 heterocycles. The number of nitrogens with one attached hydrogen (secondary N) is 9. The minimum Gasteiger partial charge on any atom is -0.481 e. The lowest BCUT2D eigenvalue weighted by molar-refractivity contribution is -0.144. The van der Waals surface area contributed by atoms with Crippen LogP contribution in [0.5, 0.6) is 0 Å². The molecule has 35 heteroatoms. The smallest absolute Gasteiger partial charge is 0.326 e. The van der Waals surface area contributed by atoms with E-state index in [1.807, 2.05) is 10.6 Å². The van der Waals surface area contributed by atoms with Crippen LogP contribution in [0.25, 0.3) is 0 Å². The Bertz CT molecular complexity index is 2190. The van der Waals surface area contributed by atoms with Crippen molar-refractivity contribution < 1.29 is 122 Å². The standard InChI is InChI=1S/C41H60N10O25/c42-18(1-8-28(55)56)35(69)43-15-25(52)46-19(2-9-29(57)58)36(70)44-16-26(53)47-21(4-11-31(61)62)38(72)50-23(6-13-33(65)66)40(74)49-20(3-10-30(59)60)37(71)45-17-27(54)48-22(5-12-32(63)64)39(73)51-24(41(75)76)7-14-34(67)68/h18-24H,1-17,42H2,(H,43,69)(H,44,70)(H,45,71)(H,46,52)(H,47,53)(H,48,54)(H,49,74)(H,50,72)(H,51,73)(H,55,56)(H,57,58)(H,59,60)(H,61,62)(H,63,64)(H,65,66)(H,67,68)(H,75,76)/t18-,19-,20-,21-,22-,23-,24-/m0/s1. The van der Waals surface area contributed by atoms with Crippen molar-refractivity contribution in [2.45, 2.75) is 132 Å². The topological polar surface area (TPSA) is 586 Å². The highest BCUT2D eigenvalue weighted by atomic mass is 16.4. The van der Waals surface area contributed by atoms with E-state index in [4.69, 9.17) is 26.2 Å². The molecule has 0 radical (unpaired) electrons. The first-order valence-corrected chi connectivity index (χ1v) is 22.5. The van der Waals surface area contributed by atoms with Gasteiger partial charge in [0.15, 0.2) is 0 Å². The molecule has 0 spiro atoms. The summed E-state index contributed by atoms with van der Waals surface area (Å²) in [5.41, 5.74) is 5.57. The second kappa shape index (κ2) is 35.2. The van der Waals surface area contributed by atoms with Crippen LogP contribution in [0.3, 0.4) is 0 Å². The number of carboxylic acid groups (broad SMARTS) is 8. The van der Waals surface area contributed by atoms with Crippen molar-refractivity contribution in [2.75, 3.05) is 19.6 Å². The van der Waals surface area contributed by atoms with Gasteiger partial charge >= 0.3 is 47.8 Å². The van der Waals surface area contributed by atoms with Gasteiger partial charge in [0.25, 0.3) is 0 Å². The quantitative estimate of drug-likeness (QED) is 0.0271. The van der Waals surface area contributed by atoms with Gasteiger partial charge in [0.05, 0.1) is 25.7 Å². The zero-order valence-electron chi connectivity index (χ0n) is 40.2. The van der Waals surface area contributed by atoms with Crippen LogP contribution in [0.15, 0.2) is 0 Å². The van der Waals surface area contributed by atoms with Crippen molar-refractivity contribution in [3.05, 3.63) is 0 Å². The van der Waals surface area contributed by atoms with Gasteiger partial charge in [0.2, 0.25) is 53.2 Å². The molecular weight excluding hydrogens is 1030 g/mol. The van der Waals surface area contributed by atoms with E-state index in [-0.39, 0.29) is 6.42 Å². The average molecular weight is 1090 g/mol. The highest BCUT2D eigenvalue weighted by Crippen LogP contribution is 2.08. The Labute approximate surface area is 428 Å². The first kappa shape index (κ1) is 67.0. The summed E-state index contributed by atoms with van der Waals surface area (Å²) in [6, 6.07) is -12.3. The molecule has 76 heavy (non-hydrogen) atoms. The number of rotatable bonds is 40. The lowest BCUT2D eigenvalue weighted by atomic mass is 10.1. The van der Waals surface area contributed by atoms with E-state index in [0.717, 1.165) is 0 Å². The number of amides is 9. The van der Waals surface area contributed by atoms with Crippen molar-refractivity contribution >= 4 is 101 Å². The molecule has 0 aromatic heterocycles. The highest BCUT2D eigenvalue weighted by Gasteiger charge is 2.33. The summed E-state index contributed by atoms with van der Waals surface area (Å²) < 4.78 is 0. The van der Waals surface area contributed by atoms with Crippen LogP contribution in [-0.4, -0.2) is 204 Å². The molecule has 0 saturated heterocycles. The van der Waals surface area contributed by atoms with Crippen LogP contribution in [-0.2, 0) is 81.5 Å². The Hall–Kier alpha value is -9.05. The monoisotopic (exact) mass is 1090 g/mol. The van der Waals surface area contributed by atoms with E-state index in [1.165, 1.54) is 0 Å². The van der Waals surface area contributed by atoms with Gasteiger partial charge < -0.3 is 94.4 Å². The summed E-state index contributed by atoms with van der Waals surface area (Å²) in [5, 5.41) is 91.8. The van der Waals surface area contributed by atoms with Crippen LogP contribution in [0.2, 0.25) is 0 Å². The fourth-order valence-corrected chi connectivity index (χ4v) is 6.05. The fourth-order valence-electron chi connectivity index (χ4n) is 6.05. The van der Waals surface area contributed by atoms with Gasteiger partial charge in [0.1, 0.15) is 36.3 Å². The molecule has 0 aliphatic carbocycles. The number of carbonyl (C=O) groups is 17. The summed E-state index contributed by atoms with van der Waals surface area (Å²) in [6.45, 7) is -2.93. The van der Waals surface area contributed by atoms with Crippen molar-refractivity contribution in [3.63, 3.8) is 0 Å². The van der Waals surface area contributed by atoms with Crippen molar-refractivity contribution in [1.82, 2.24) is 47.9 Å². The number of carbonyl (C=O) groups excluding carboxylic acids is 9. The van der Waals surface area contributed by atoms with Crippen molar-refractivity contribution in [3.8, 4) is 0 Å². The lowest BCUT2D eigenvalue weighted by Crippen LogP contribution is -2.58. The summed E-state index contributed by atoms with van der Waals surface area (Å²) in [4.78, 5) is 207. The third-order valence-electron chi connectivity index (χ3n) is 9.99. The number of nitrogens with two attached hydrogens (primary N) is 1. The third-order valence-corrected chi connectivity index (χ3v) is 9.99. The van der Waals surface area contributed by atoms with Gasteiger partial charge in [0, 0.05) is 44.9 Å². The molecule has 0 unspecified atom stereocenters. The van der Waals surface area contributed by atoms with Gasteiger partial charge in [-0.2, -0.15) is 0 Å². The summed E-state index contributed by atoms with van der Waals surface area (Å²) in [7, 11) is 0. The van der Waals surface area contributed by atoms with Gasteiger partial charge in [-0.05, 0) is 44.9 Å². The molecule has 424 valence electrons. The highest BCUT2D eigenvalue weighted by molar-refractivity contribution is 5.97. The summed E-state index contributed by atoms with van der Waals surface area (Å²) in [6.07, 6.45) is -9.62. The van der Waals surface area contributed by atoms with Gasteiger partial charge in [-0.15, -0.1) is 0 Å². The minimum absolute atomic E-state index is 0.295. The summed E-state index contributed by atoms with van der Waals surface area (Å²) >= 11 is 0. The molecule has 9 amide bonds. The number of hydrogen-bond donors (Lipinski definition) is 18. The van der Waals surface area contributed by atoms with Crippen LogP contribution < -0.4 is 53.6 Å². The first-order chi connectivity index (χ1) is 35.4. The Kier molecular flexibility index (Phi) is 31.0. The van der Waals surface area contributed by atoms with E-state index in [2.05, 4.69) is 37.2 Å². The lowest BCUT2D eigenvalue weighted by Gasteiger charge is -2.25. The SMILES string of the molecule is N[C@@H](CCC(=O)O)C(=O)NCC(=O)N[C@@H](CCC(=O)O)C(=O)NCC(=O)N[C@@H](CCC(=O)O)C(=O)N[C@@H](CCC(=O)O)C(=O)N[C@@H](CCC(=O)O)C(=O)NCC(=O)N[C@@H](CCC(=O)O)C(=O)N[C@@H](CCC(=O)O)C(=O)O. The van der Waals surface area contributed by atoms with E-state index < -0.39 is 246 Å². The Morgan fingerprint density at radius 1 is 0.276 bits per heavy atom. The number of aliphatic carboxylic acids is 8. The molecule has 0 bridgehead atoms. The zero-order chi connectivity index (χ0) is 58.2. The Balaban J connectivity index is 6.23. The van der Waals surface area contributed by atoms with Crippen LogP contribution in [0.4, 0.5) is 0 Å². The summed E-state index contributed by atoms with van der Waals surface area (Å²) in [5.74, 6) is -22.8. The Morgan fingerprint density at radius 3 is 0.763 bits per heavy atom. The van der Waals surface area contributed by atoms with Crippen molar-refractivity contribution in [2.24, 2.45) is 5.73 Å². The molecule has 7 atom stereocenters. The molecular formula is C41H60N10O25. The largest absolute Gasteiger partial charge is 0.481 e. The molecule has 0 saturated carbocycles. The maximum Gasteiger partial charge on any atom is 0.326 e. The van der Waals surface area contributed by atoms with Crippen LogP contribution in [0, 0.1) is 0 Å². The van der Waals surface area contributed by atoms with Gasteiger partial charge in [-0.3, -0.25) is 76.7 Å². The second-order valence-electron chi connectivity index (χ2n) is 16.2. The maximum atomic E-state index is 13.6. The zero-order valence-corrected chi connectivity index (χ0v) is 40.2. The molecule has 0 aliphatic rings.